The van der Waals surface area contributed by atoms with Gasteiger partial charge < -0.3 is 60.9 Å². The molecule has 0 aliphatic heterocycles. The maximum atomic E-state index is 13.1. The first-order valence-electron chi connectivity index (χ1n) is 27.8. The highest BCUT2D eigenvalue weighted by Crippen LogP contribution is 2.29. The number of carboxylic acids is 3. The SMILES string of the molecule is CC(C)(C)C(=O)COCCOCCNC(=O)COCCOCCNC(=O)[C@H](CCC(=O)O)NC(=O)CC[C@H](NC(=O)[C@H]1CC[C@H](CNC(=O)CCCCCCCCCCCCCCCCCCC(=O)O)CC1)C(=O)O. The zero-order valence-corrected chi connectivity index (χ0v) is 45.6. The number of ketones is 1. The number of hydrogen-bond acceptors (Lipinski definition) is 13. The Labute approximate surface area is 445 Å². The highest BCUT2D eigenvalue weighted by Gasteiger charge is 2.30. The van der Waals surface area contributed by atoms with Crippen LogP contribution in [0.5, 0.6) is 0 Å². The zero-order valence-electron chi connectivity index (χ0n) is 45.6. The largest absolute Gasteiger partial charge is 0.481 e. The minimum atomic E-state index is -1.36. The van der Waals surface area contributed by atoms with Crippen molar-refractivity contribution in [3.05, 3.63) is 0 Å². The van der Waals surface area contributed by atoms with Gasteiger partial charge in [0, 0.05) is 56.7 Å². The number of carboxylic acid groups (broad SMARTS) is 3. The molecule has 432 valence electrons. The molecule has 2 atom stereocenters. The number of aliphatic carboxylic acids is 3. The van der Waals surface area contributed by atoms with Gasteiger partial charge in [0.2, 0.25) is 29.5 Å². The van der Waals surface area contributed by atoms with E-state index in [4.69, 9.17) is 24.1 Å². The van der Waals surface area contributed by atoms with Crippen LogP contribution in [-0.2, 0) is 62.1 Å². The van der Waals surface area contributed by atoms with Gasteiger partial charge in [-0.3, -0.25) is 38.4 Å². The van der Waals surface area contributed by atoms with Crippen molar-refractivity contribution in [3.8, 4) is 0 Å². The van der Waals surface area contributed by atoms with Gasteiger partial charge in [-0.1, -0.05) is 111 Å². The number of unbranched alkanes of at least 4 members (excludes halogenated alkanes) is 15. The van der Waals surface area contributed by atoms with E-state index in [2.05, 4.69) is 26.6 Å². The average molecular weight is 1070 g/mol. The van der Waals surface area contributed by atoms with E-state index in [1.165, 1.54) is 64.2 Å². The highest BCUT2D eigenvalue weighted by molar-refractivity contribution is 5.89. The lowest BCUT2D eigenvalue weighted by molar-refractivity contribution is -0.143. The number of amides is 5. The Morgan fingerprint density at radius 2 is 0.933 bits per heavy atom. The van der Waals surface area contributed by atoms with Crippen LogP contribution in [0, 0.1) is 17.3 Å². The number of carbonyl (C=O) groups is 9. The van der Waals surface area contributed by atoms with Gasteiger partial charge in [0.15, 0.2) is 5.78 Å². The molecular formula is C54H95N5O16. The summed E-state index contributed by atoms with van der Waals surface area (Å²) in [7, 11) is 0. The van der Waals surface area contributed by atoms with Crippen LogP contribution in [0.15, 0.2) is 0 Å². The Morgan fingerprint density at radius 1 is 0.467 bits per heavy atom. The fourth-order valence-electron chi connectivity index (χ4n) is 8.31. The summed E-state index contributed by atoms with van der Waals surface area (Å²) in [5.41, 5.74) is -0.464. The van der Waals surface area contributed by atoms with Crippen molar-refractivity contribution in [2.45, 2.75) is 200 Å². The minimum absolute atomic E-state index is 0.00263. The van der Waals surface area contributed by atoms with E-state index in [0.29, 0.717) is 38.6 Å². The second-order valence-electron chi connectivity index (χ2n) is 20.7. The third-order valence-electron chi connectivity index (χ3n) is 13.1. The lowest BCUT2D eigenvalue weighted by Gasteiger charge is -2.28. The molecule has 0 aromatic heterocycles. The molecule has 5 amide bonds. The first-order valence-corrected chi connectivity index (χ1v) is 27.8. The highest BCUT2D eigenvalue weighted by atomic mass is 16.5. The summed E-state index contributed by atoms with van der Waals surface area (Å²) in [4.78, 5) is 109. The Balaban J connectivity index is 2.20. The second-order valence-corrected chi connectivity index (χ2v) is 20.7. The van der Waals surface area contributed by atoms with Crippen molar-refractivity contribution in [2.75, 3.05) is 72.5 Å². The van der Waals surface area contributed by atoms with Crippen LogP contribution in [-0.4, -0.2) is 153 Å². The van der Waals surface area contributed by atoms with Crippen LogP contribution in [0.1, 0.15) is 188 Å². The van der Waals surface area contributed by atoms with Gasteiger partial charge in [0.25, 0.3) is 0 Å². The summed E-state index contributed by atoms with van der Waals surface area (Å²) < 4.78 is 21.4. The van der Waals surface area contributed by atoms with Crippen molar-refractivity contribution < 1.29 is 77.4 Å². The standard InChI is InChI=1S/C54H95N5O16/c1-54(2,3)45(60)39-74-36-34-72-32-30-55-48(63)40-75-37-35-73-33-31-56-52(69)43(27-29-50(66)67)58-47(62)28-26-44(53(70)71)59-51(68)42-24-22-41(23-25-42)38-57-46(61)20-18-16-14-12-10-8-6-4-5-7-9-11-13-15-17-19-21-49(64)65/h41-44H,4-40H2,1-3H3,(H,55,63)(H,56,69)(H,57,61)(H,58,62)(H,59,68)(H,64,65)(H,66,67)(H,70,71)/t41-,42-,43-,44-/m0/s1. The number of hydrogen-bond donors (Lipinski definition) is 8. The van der Waals surface area contributed by atoms with Gasteiger partial charge in [-0.25, -0.2) is 4.79 Å². The number of rotatable bonds is 48. The smallest absolute Gasteiger partial charge is 0.326 e. The van der Waals surface area contributed by atoms with Crippen molar-refractivity contribution >= 4 is 53.2 Å². The van der Waals surface area contributed by atoms with E-state index < -0.39 is 65.5 Å². The number of carbonyl (C=O) groups excluding carboxylic acids is 6. The lowest BCUT2D eigenvalue weighted by Crippen LogP contribution is -2.48. The lowest BCUT2D eigenvalue weighted by atomic mass is 9.81. The molecule has 0 saturated heterocycles. The van der Waals surface area contributed by atoms with E-state index in [-0.39, 0.29) is 115 Å². The van der Waals surface area contributed by atoms with Crippen LogP contribution in [0.3, 0.4) is 0 Å². The normalized spacial score (nSPS) is 15.3. The predicted molar refractivity (Wildman–Crippen MR) is 281 cm³/mol. The molecule has 0 heterocycles. The fourth-order valence-corrected chi connectivity index (χ4v) is 8.31. The molecule has 0 aromatic rings. The molecule has 75 heavy (non-hydrogen) atoms. The zero-order chi connectivity index (χ0) is 55.5. The van der Waals surface area contributed by atoms with Gasteiger partial charge >= 0.3 is 17.9 Å². The summed E-state index contributed by atoms with van der Waals surface area (Å²) in [5.74, 6) is -5.47. The molecule has 1 fully saturated rings. The Bertz CT molecular complexity index is 1650. The van der Waals surface area contributed by atoms with Gasteiger partial charge in [-0.05, 0) is 57.3 Å². The van der Waals surface area contributed by atoms with E-state index in [0.717, 1.165) is 38.5 Å². The molecule has 0 unspecified atom stereocenters. The van der Waals surface area contributed by atoms with Crippen LogP contribution < -0.4 is 26.6 Å². The van der Waals surface area contributed by atoms with Crippen LogP contribution in [0.2, 0.25) is 0 Å². The Hall–Kier alpha value is -4.73. The Morgan fingerprint density at radius 3 is 1.44 bits per heavy atom. The summed E-state index contributed by atoms with van der Waals surface area (Å²) >= 11 is 0. The van der Waals surface area contributed by atoms with E-state index in [9.17, 15) is 53.4 Å². The maximum Gasteiger partial charge on any atom is 0.326 e. The molecule has 21 nitrogen and oxygen atoms in total. The van der Waals surface area contributed by atoms with E-state index in [1.54, 1.807) is 0 Å². The van der Waals surface area contributed by atoms with E-state index in [1.807, 2.05) is 20.8 Å². The van der Waals surface area contributed by atoms with Crippen molar-refractivity contribution in [1.29, 1.82) is 0 Å². The second kappa shape index (κ2) is 43.4. The van der Waals surface area contributed by atoms with Gasteiger partial charge in [0.1, 0.15) is 25.3 Å². The molecule has 0 bridgehead atoms. The number of ether oxygens (including phenoxy) is 4. The molecule has 0 radical (unpaired) electrons. The summed E-state index contributed by atoms with van der Waals surface area (Å²) in [6.07, 6.45) is 20.5. The first kappa shape index (κ1) is 68.3. The van der Waals surface area contributed by atoms with E-state index >= 15 is 0 Å². The van der Waals surface area contributed by atoms with Gasteiger partial charge in [-0.15, -0.1) is 0 Å². The minimum Gasteiger partial charge on any atom is -0.481 e. The molecular weight excluding hydrogens is 975 g/mol. The summed E-state index contributed by atoms with van der Waals surface area (Å²) in [5, 5.41) is 41.0. The third kappa shape index (κ3) is 39.3. The van der Waals surface area contributed by atoms with Crippen molar-refractivity contribution in [2.24, 2.45) is 17.3 Å². The van der Waals surface area contributed by atoms with Crippen molar-refractivity contribution in [3.63, 3.8) is 0 Å². The predicted octanol–water partition coefficient (Wildman–Crippen LogP) is 5.63. The first-order chi connectivity index (χ1) is 35.9. The Kier molecular flexibility index (Phi) is 39.5. The molecule has 0 spiro atoms. The number of Topliss-reactive ketones (excluding diaryl/α,β-unsaturated/α-hetero) is 1. The quantitative estimate of drug-likeness (QED) is 0.0343. The molecule has 1 rings (SSSR count). The number of nitrogens with one attached hydrogen (secondary N) is 5. The van der Waals surface area contributed by atoms with Gasteiger partial charge in [0.05, 0.1) is 39.6 Å². The molecule has 1 saturated carbocycles. The topological polar surface area (TPSA) is 311 Å². The van der Waals surface area contributed by atoms with Gasteiger partial charge in [-0.2, -0.15) is 0 Å². The molecule has 8 N–H and O–H groups in total. The van der Waals surface area contributed by atoms with Crippen LogP contribution in [0.4, 0.5) is 0 Å². The average Bonchev–Trinajstić information content (AvgIpc) is 3.36. The molecule has 1 aliphatic rings. The van der Waals surface area contributed by atoms with Crippen LogP contribution >= 0.6 is 0 Å². The van der Waals surface area contributed by atoms with Crippen molar-refractivity contribution in [1.82, 2.24) is 26.6 Å². The summed E-state index contributed by atoms with van der Waals surface area (Å²) in [6.45, 7) is 7.13. The molecule has 1 aliphatic carbocycles. The summed E-state index contributed by atoms with van der Waals surface area (Å²) in [6, 6.07) is -2.58. The maximum absolute atomic E-state index is 13.1. The monoisotopic (exact) mass is 1070 g/mol. The van der Waals surface area contributed by atoms with Crippen LogP contribution in [0.25, 0.3) is 0 Å². The third-order valence-corrected chi connectivity index (χ3v) is 13.1. The molecule has 0 aromatic carbocycles. The fraction of sp³-hybridized carbons (Fsp3) is 0.833. The molecule has 21 heteroatoms.